The molecule has 1 heteroatoms. The Bertz CT molecular complexity index is 386. The van der Waals surface area contributed by atoms with E-state index in [0.717, 1.165) is 17.9 Å². The van der Waals surface area contributed by atoms with Crippen LogP contribution in [0.1, 0.15) is 56.9 Å². The molecule has 3 atom stereocenters. The van der Waals surface area contributed by atoms with E-state index in [0.29, 0.717) is 0 Å². The van der Waals surface area contributed by atoms with Crippen molar-refractivity contribution in [2.45, 2.75) is 57.4 Å². The minimum absolute atomic E-state index is 0.776. The van der Waals surface area contributed by atoms with E-state index in [9.17, 15) is 0 Å². The monoisotopic (exact) mass is 257 g/mol. The van der Waals surface area contributed by atoms with Crippen molar-refractivity contribution in [3.8, 4) is 0 Å². The third-order valence-electron chi connectivity index (χ3n) is 5.26. The Morgan fingerprint density at radius 2 is 1.95 bits per heavy atom. The highest BCUT2D eigenvalue weighted by atomic mass is 15.2. The van der Waals surface area contributed by atoms with Crippen LogP contribution in [-0.2, 0) is 0 Å². The number of rotatable bonds is 2. The van der Waals surface area contributed by atoms with Crippen LogP contribution >= 0.6 is 0 Å². The van der Waals surface area contributed by atoms with Crippen LogP contribution in [0.2, 0.25) is 0 Å². The molecule has 2 aliphatic heterocycles. The summed E-state index contributed by atoms with van der Waals surface area (Å²) in [6.45, 7) is 5.06. The largest absolute Gasteiger partial charge is 0.300 e. The molecular weight excluding hydrogens is 230 g/mol. The molecule has 0 spiro atoms. The summed E-state index contributed by atoms with van der Waals surface area (Å²) in [4.78, 5) is 2.82. The van der Waals surface area contributed by atoms with Crippen LogP contribution in [0.15, 0.2) is 30.3 Å². The predicted molar refractivity (Wildman–Crippen MR) is 81.4 cm³/mol. The zero-order chi connectivity index (χ0) is 13.1. The maximum absolute atomic E-state index is 2.82. The molecule has 19 heavy (non-hydrogen) atoms. The molecule has 0 bridgehead atoms. The molecule has 0 amide bonds. The quantitative estimate of drug-likeness (QED) is 0.757. The topological polar surface area (TPSA) is 3.24 Å². The molecular formula is C18H27N. The van der Waals surface area contributed by atoms with Gasteiger partial charge in [-0.15, -0.1) is 0 Å². The lowest BCUT2D eigenvalue weighted by Gasteiger charge is -2.44. The first-order valence-corrected chi connectivity index (χ1v) is 8.17. The Morgan fingerprint density at radius 3 is 2.74 bits per heavy atom. The molecule has 3 unspecified atom stereocenters. The van der Waals surface area contributed by atoms with Gasteiger partial charge in [0.25, 0.3) is 0 Å². The highest BCUT2D eigenvalue weighted by Gasteiger charge is 2.36. The van der Waals surface area contributed by atoms with Gasteiger partial charge in [-0.25, -0.2) is 0 Å². The summed E-state index contributed by atoms with van der Waals surface area (Å²) in [5.74, 6) is 1.68. The second-order valence-electron chi connectivity index (χ2n) is 6.44. The van der Waals surface area contributed by atoms with Crippen molar-refractivity contribution < 1.29 is 0 Å². The van der Waals surface area contributed by atoms with E-state index in [-0.39, 0.29) is 0 Å². The van der Waals surface area contributed by atoms with E-state index >= 15 is 0 Å². The zero-order valence-corrected chi connectivity index (χ0v) is 12.2. The zero-order valence-electron chi connectivity index (χ0n) is 12.2. The number of hydrogen-bond donors (Lipinski definition) is 0. The van der Waals surface area contributed by atoms with Crippen LogP contribution in [0.5, 0.6) is 0 Å². The molecule has 1 aromatic rings. The van der Waals surface area contributed by atoms with Gasteiger partial charge in [-0.3, -0.25) is 4.90 Å². The molecule has 3 rings (SSSR count). The normalized spacial score (nSPS) is 32.6. The molecule has 0 N–H and O–H groups in total. The highest BCUT2D eigenvalue weighted by Crippen LogP contribution is 2.39. The lowest BCUT2D eigenvalue weighted by Crippen LogP contribution is -2.47. The van der Waals surface area contributed by atoms with Gasteiger partial charge in [-0.05, 0) is 43.2 Å². The fourth-order valence-corrected chi connectivity index (χ4v) is 4.15. The average molecular weight is 257 g/mol. The number of benzene rings is 1. The van der Waals surface area contributed by atoms with E-state index in [1.165, 1.54) is 51.6 Å². The molecule has 0 saturated carbocycles. The Balaban J connectivity index is 1.86. The van der Waals surface area contributed by atoms with Crippen LogP contribution < -0.4 is 0 Å². The molecule has 0 aromatic heterocycles. The van der Waals surface area contributed by atoms with Crippen molar-refractivity contribution >= 4 is 0 Å². The van der Waals surface area contributed by atoms with E-state index in [4.69, 9.17) is 0 Å². The van der Waals surface area contributed by atoms with Crippen molar-refractivity contribution in [3.05, 3.63) is 35.9 Å². The summed E-state index contributed by atoms with van der Waals surface area (Å²) in [6, 6.07) is 12.1. The van der Waals surface area contributed by atoms with Crippen LogP contribution in [0.4, 0.5) is 0 Å². The summed E-state index contributed by atoms with van der Waals surface area (Å²) < 4.78 is 0. The highest BCUT2D eigenvalue weighted by molar-refractivity contribution is 5.22. The fourth-order valence-electron chi connectivity index (χ4n) is 4.15. The van der Waals surface area contributed by atoms with E-state index < -0.39 is 0 Å². The second kappa shape index (κ2) is 6.09. The van der Waals surface area contributed by atoms with Crippen molar-refractivity contribution in [2.75, 3.05) is 13.1 Å². The van der Waals surface area contributed by atoms with Gasteiger partial charge < -0.3 is 0 Å². The van der Waals surface area contributed by atoms with Crippen molar-refractivity contribution in [3.63, 3.8) is 0 Å². The molecule has 104 valence electrons. The Hall–Kier alpha value is -0.820. The average Bonchev–Trinajstić information content (AvgIpc) is 2.72. The van der Waals surface area contributed by atoms with Crippen LogP contribution in [0.25, 0.3) is 0 Å². The standard InChI is InChI=1S/C18H27N/c1-2-15-13-17(16-9-5-3-6-10-16)18-11-7-4-8-12-19(18)14-15/h3,5-6,9-10,15,17-18H,2,4,7-8,11-14H2,1H3. The van der Waals surface area contributed by atoms with Crippen LogP contribution in [0, 0.1) is 5.92 Å². The molecule has 1 aromatic carbocycles. The number of nitrogens with zero attached hydrogens (tertiary/aromatic N) is 1. The van der Waals surface area contributed by atoms with E-state index in [1.807, 2.05) is 0 Å². The van der Waals surface area contributed by atoms with Crippen molar-refractivity contribution in [1.82, 2.24) is 4.90 Å². The molecule has 1 nitrogen and oxygen atoms in total. The molecule has 0 radical (unpaired) electrons. The van der Waals surface area contributed by atoms with Gasteiger partial charge in [-0.1, -0.05) is 56.5 Å². The lowest BCUT2D eigenvalue weighted by atomic mass is 9.77. The number of hydrogen-bond acceptors (Lipinski definition) is 1. The van der Waals surface area contributed by atoms with Crippen LogP contribution in [-0.4, -0.2) is 24.0 Å². The van der Waals surface area contributed by atoms with Gasteiger partial charge in [0.05, 0.1) is 0 Å². The van der Waals surface area contributed by atoms with Gasteiger partial charge in [0.2, 0.25) is 0 Å². The van der Waals surface area contributed by atoms with Crippen molar-refractivity contribution in [2.24, 2.45) is 5.92 Å². The third kappa shape index (κ3) is 2.86. The first-order chi connectivity index (χ1) is 9.38. The van der Waals surface area contributed by atoms with Gasteiger partial charge >= 0.3 is 0 Å². The minimum atomic E-state index is 0.776. The lowest BCUT2D eigenvalue weighted by molar-refractivity contribution is 0.0871. The van der Waals surface area contributed by atoms with E-state index in [2.05, 4.69) is 42.2 Å². The summed E-state index contributed by atoms with van der Waals surface area (Å²) in [5.41, 5.74) is 1.58. The first kappa shape index (κ1) is 13.2. The van der Waals surface area contributed by atoms with Gasteiger partial charge in [0.1, 0.15) is 0 Å². The van der Waals surface area contributed by atoms with Gasteiger partial charge in [-0.2, -0.15) is 0 Å². The molecule has 0 aliphatic carbocycles. The van der Waals surface area contributed by atoms with E-state index in [1.54, 1.807) is 5.56 Å². The summed E-state index contributed by atoms with van der Waals surface area (Å²) in [6.07, 6.45) is 8.44. The number of fused-ring (bicyclic) bond motifs is 1. The Kier molecular flexibility index (Phi) is 4.22. The summed E-state index contributed by atoms with van der Waals surface area (Å²) in [5, 5.41) is 0. The SMILES string of the molecule is CCC1CC(c2ccccc2)C2CCCCCN2C1. The molecule has 2 heterocycles. The maximum atomic E-state index is 2.82. The second-order valence-corrected chi connectivity index (χ2v) is 6.44. The van der Waals surface area contributed by atoms with Crippen molar-refractivity contribution in [1.29, 1.82) is 0 Å². The fraction of sp³-hybridized carbons (Fsp3) is 0.667. The van der Waals surface area contributed by atoms with Gasteiger partial charge in [0.15, 0.2) is 0 Å². The van der Waals surface area contributed by atoms with Crippen LogP contribution in [0.3, 0.4) is 0 Å². The maximum Gasteiger partial charge on any atom is 0.0164 e. The minimum Gasteiger partial charge on any atom is -0.300 e. The third-order valence-corrected chi connectivity index (χ3v) is 5.26. The molecule has 2 aliphatic rings. The predicted octanol–water partition coefficient (Wildman–Crippen LogP) is 4.44. The van der Waals surface area contributed by atoms with Gasteiger partial charge in [0, 0.05) is 12.6 Å². The molecule has 2 saturated heterocycles. The smallest absolute Gasteiger partial charge is 0.0164 e. The summed E-state index contributed by atoms with van der Waals surface area (Å²) in [7, 11) is 0. The Morgan fingerprint density at radius 1 is 1.11 bits per heavy atom. The summed E-state index contributed by atoms with van der Waals surface area (Å²) >= 11 is 0. The first-order valence-electron chi connectivity index (χ1n) is 8.17. The Labute approximate surface area is 118 Å². The molecule has 2 fully saturated rings. The number of piperidine rings is 1.